The Labute approximate surface area is 261 Å². The molecule has 0 spiro atoms. The highest BCUT2D eigenvalue weighted by Gasteiger charge is 2.29. The Hall–Kier alpha value is 0.680. The molecule has 0 radical (unpaired) electrons. The maximum Gasteiger partial charge on any atom is 0.340 e. The number of carbonyl (C=O) groups is 1. The van der Waals surface area contributed by atoms with Crippen LogP contribution in [0, 0.1) is 14.3 Å². The van der Waals surface area contributed by atoms with Crippen LogP contribution < -0.4 is 5.43 Å². The van der Waals surface area contributed by atoms with Crippen molar-refractivity contribution in [1.29, 1.82) is 0 Å². The van der Waals surface area contributed by atoms with Gasteiger partial charge in [0.2, 0.25) is 5.43 Å². The first-order valence-electron chi connectivity index (χ1n) is 8.67. The lowest BCUT2D eigenvalue weighted by Gasteiger charge is -2.20. The predicted molar refractivity (Wildman–Crippen MR) is 167 cm³/mol. The number of rotatable bonds is 2. The van der Waals surface area contributed by atoms with E-state index in [-0.39, 0.29) is 25.5 Å². The van der Waals surface area contributed by atoms with Gasteiger partial charge in [-0.25, -0.2) is 4.79 Å². The van der Waals surface area contributed by atoms with Gasteiger partial charge in [-0.3, -0.25) is 4.79 Å². The molecule has 0 amide bonds. The van der Waals surface area contributed by atoms with E-state index >= 15 is 0 Å². The van der Waals surface area contributed by atoms with Gasteiger partial charge in [0.25, 0.3) is 0 Å². The largest absolute Gasteiger partial charge is 0.465 e. The number of benzene rings is 3. The van der Waals surface area contributed by atoms with Gasteiger partial charge in [0.1, 0.15) is 9.15 Å². The van der Waals surface area contributed by atoms with Gasteiger partial charge in [0.05, 0.1) is 39.9 Å². The average molecular weight is 972 g/mol. The Morgan fingerprint density at radius 3 is 2.18 bits per heavy atom. The van der Waals surface area contributed by atoms with E-state index in [0.29, 0.717) is 53.3 Å². The zero-order valence-corrected chi connectivity index (χ0v) is 27.5. The average Bonchev–Trinajstić information content (AvgIpc) is 2.78. The van der Waals surface area contributed by atoms with Gasteiger partial charge in [0, 0.05) is 25.6 Å². The minimum Gasteiger partial charge on any atom is -0.465 e. The monoisotopic (exact) mass is 970 g/mol. The first kappa shape index (κ1) is 26.7. The third-order valence-corrected chi connectivity index (χ3v) is 10.2. The minimum atomic E-state index is -0.500. The Bertz CT molecular complexity index is 1530. The number of hydrogen-bond donors (Lipinski definition) is 0. The van der Waals surface area contributed by atoms with E-state index in [1.807, 2.05) is 67.8 Å². The van der Waals surface area contributed by atoms with Crippen molar-refractivity contribution in [2.24, 2.45) is 0 Å². The molecule has 12 heteroatoms. The van der Waals surface area contributed by atoms with Gasteiger partial charge < -0.3 is 9.15 Å². The van der Waals surface area contributed by atoms with Crippen molar-refractivity contribution < 1.29 is 13.9 Å². The maximum atomic E-state index is 12.7. The molecule has 1 aliphatic carbocycles. The van der Waals surface area contributed by atoms with E-state index in [4.69, 9.17) is 55.6 Å². The number of hydrogen-bond acceptors (Lipinski definition) is 4. The summed E-state index contributed by atoms with van der Waals surface area (Å²) in [5.41, 5.74) is 2.41. The number of ether oxygens (including phenoxy) is 1. The summed E-state index contributed by atoms with van der Waals surface area (Å²) in [7, 11) is 1.31. The summed E-state index contributed by atoms with van der Waals surface area (Å²) in [5.74, 6) is -0.142. The molecule has 1 aliphatic heterocycles. The van der Waals surface area contributed by atoms with E-state index in [2.05, 4.69) is 22.6 Å². The van der Waals surface area contributed by atoms with Gasteiger partial charge in [-0.1, -0.05) is 46.4 Å². The third kappa shape index (κ3) is 4.50. The first-order valence-corrected chi connectivity index (χ1v) is 14.5. The fourth-order valence-corrected chi connectivity index (χ4v) is 8.25. The van der Waals surface area contributed by atoms with E-state index in [1.54, 1.807) is 18.2 Å². The molecule has 2 aliphatic rings. The van der Waals surface area contributed by atoms with E-state index in [0.717, 1.165) is 0 Å². The molecule has 0 saturated carbocycles. The predicted octanol–water partition coefficient (Wildman–Crippen LogP) is 9.38. The first-order chi connectivity index (χ1) is 15.5. The van der Waals surface area contributed by atoms with Crippen LogP contribution in [0.2, 0.25) is 20.1 Å². The van der Waals surface area contributed by atoms with Crippen LogP contribution in [0.5, 0.6) is 0 Å². The van der Waals surface area contributed by atoms with Crippen molar-refractivity contribution >= 4 is 154 Å². The summed E-state index contributed by atoms with van der Waals surface area (Å²) in [5, 5.41) is 1.35. The molecule has 2 aromatic carbocycles. The summed E-state index contributed by atoms with van der Waals surface area (Å²) < 4.78 is 13.3. The fraction of sp³-hybridized carbons (Fsp3) is 0.0476. The van der Waals surface area contributed by atoms with Crippen molar-refractivity contribution in [3.8, 4) is 22.5 Å². The quantitative estimate of drug-likeness (QED) is 0.0662. The second-order valence-electron chi connectivity index (χ2n) is 6.62. The SMILES string of the molecule is COC(=O)c1c(I)cc2c(-c3cc(Cl)c(Cl)c(Cl)c3Cl)c3cc(I)c(=O)c(I)c-3oc2c1I. The van der Waals surface area contributed by atoms with E-state index in [1.165, 1.54) is 7.11 Å². The van der Waals surface area contributed by atoms with Crippen LogP contribution in [0.4, 0.5) is 0 Å². The van der Waals surface area contributed by atoms with Crippen molar-refractivity contribution in [3.63, 3.8) is 0 Å². The molecule has 0 saturated heterocycles. The molecule has 0 N–H and O–H groups in total. The van der Waals surface area contributed by atoms with Gasteiger partial charge in [-0.15, -0.1) is 0 Å². The van der Waals surface area contributed by atoms with Gasteiger partial charge in [-0.05, 0) is 109 Å². The summed E-state index contributed by atoms with van der Waals surface area (Å²) in [6, 6.07) is 5.17. The van der Waals surface area contributed by atoms with E-state index in [9.17, 15) is 9.59 Å². The molecule has 0 bridgehead atoms. The van der Waals surface area contributed by atoms with Gasteiger partial charge >= 0.3 is 5.97 Å². The number of esters is 1. The zero-order valence-electron chi connectivity index (χ0n) is 15.9. The number of halogens is 8. The Morgan fingerprint density at radius 1 is 0.879 bits per heavy atom. The molecule has 4 nitrogen and oxygen atoms in total. The lowest BCUT2D eigenvalue weighted by Crippen LogP contribution is -2.13. The summed E-state index contributed by atoms with van der Waals surface area (Å²) in [4.78, 5) is 25.2. The van der Waals surface area contributed by atoms with Crippen molar-refractivity contribution in [2.45, 2.75) is 0 Å². The van der Waals surface area contributed by atoms with E-state index < -0.39 is 5.97 Å². The standard InChI is InChI=1S/C21H6Cl4I4O4/c1-32-21(31)12-9(26)3-6-11(5-2-8(22)14(24)15(25)13(5)23)7-4-10(27)18(30)17(29)20(7)33-19(6)16(12)28/h2-4H,1H3. The second kappa shape index (κ2) is 10.2. The normalized spacial score (nSPS) is 11.4. The minimum absolute atomic E-state index is 0.114. The number of fused-ring (bicyclic) bond motifs is 2. The van der Waals surface area contributed by atoms with Gasteiger partial charge in [-0.2, -0.15) is 0 Å². The molecule has 0 aromatic heterocycles. The van der Waals surface area contributed by atoms with Gasteiger partial charge in [0.15, 0.2) is 5.76 Å². The topological polar surface area (TPSA) is 56.5 Å². The summed E-state index contributed by atoms with van der Waals surface area (Å²) in [6.07, 6.45) is 0. The van der Waals surface area contributed by atoms with Crippen LogP contribution in [-0.4, -0.2) is 13.1 Å². The van der Waals surface area contributed by atoms with Crippen LogP contribution >= 0.6 is 137 Å². The molecule has 0 fully saturated rings. The van der Waals surface area contributed by atoms with Crippen molar-refractivity contribution in [3.05, 3.63) is 68.4 Å². The zero-order chi connectivity index (χ0) is 24.4. The lowest BCUT2D eigenvalue weighted by atomic mass is 9.93. The number of methoxy groups -OCH3 is 1. The maximum absolute atomic E-state index is 12.7. The second-order valence-corrected chi connectivity index (χ2v) is 12.6. The van der Waals surface area contributed by atoms with Crippen LogP contribution in [0.25, 0.3) is 33.4 Å². The number of carbonyl (C=O) groups excluding carboxylic acids is 1. The molecule has 170 valence electrons. The molecule has 0 unspecified atom stereocenters. The lowest BCUT2D eigenvalue weighted by molar-refractivity contribution is 0.0598. The van der Waals surface area contributed by atoms with Crippen molar-refractivity contribution in [2.75, 3.05) is 7.11 Å². The van der Waals surface area contributed by atoms with Crippen molar-refractivity contribution in [1.82, 2.24) is 0 Å². The smallest absolute Gasteiger partial charge is 0.340 e. The molecule has 1 heterocycles. The molecular weight excluding hydrogens is 966 g/mol. The van der Waals surface area contributed by atoms with Crippen LogP contribution in [-0.2, 0) is 4.74 Å². The van der Waals surface area contributed by atoms with Crippen LogP contribution in [0.1, 0.15) is 10.4 Å². The Kier molecular flexibility index (Phi) is 8.27. The fourth-order valence-electron chi connectivity index (χ4n) is 3.34. The highest BCUT2D eigenvalue weighted by atomic mass is 127. The summed E-state index contributed by atoms with van der Waals surface area (Å²) >= 11 is 33.7. The molecule has 4 rings (SSSR count). The van der Waals surface area contributed by atoms with Crippen LogP contribution in [0.15, 0.2) is 27.4 Å². The van der Waals surface area contributed by atoms with Crippen LogP contribution in [0.3, 0.4) is 0 Å². The Balaban J connectivity index is 2.33. The highest BCUT2D eigenvalue weighted by molar-refractivity contribution is 14.1. The third-order valence-electron chi connectivity index (χ3n) is 4.81. The molecule has 2 aromatic rings. The Morgan fingerprint density at radius 2 is 1.55 bits per heavy atom. The molecule has 33 heavy (non-hydrogen) atoms. The molecular formula is C21H6Cl4I4O4. The molecule has 0 atom stereocenters. The summed E-state index contributed by atoms with van der Waals surface area (Å²) in [6.45, 7) is 0. The highest BCUT2D eigenvalue weighted by Crippen LogP contribution is 2.49.